The lowest BCUT2D eigenvalue weighted by atomic mass is 9.98. The molecule has 30 heavy (non-hydrogen) atoms. The lowest BCUT2D eigenvalue weighted by Crippen LogP contribution is -2.44. The third kappa shape index (κ3) is 3.75. The van der Waals surface area contributed by atoms with Crippen LogP contribution in [0.4, 0.5) is 5.69 Å². The van der Waals surface area contributed by atoms with Gasteiger partial charge in [0.25, 0.3) is 0 Å². The number of nitrogens with one attached hydrogen (secondary N) is 1. The SMILES string of the molecule is COc1ccc(OC)c([C@H]2c3cccn3CCN2C(=S)Nc2cc(C)ccc2C)c1. The first-order chi connectivity index (χ1) is 14.5. The van der Waals surface area contributed by atoms with Gasteiger partial charge in [-0.15, -0.1) is 0 Å². The van der Waals surface area contributed by atoms with E-state index < -0.39 is 0 Å². The second-order valence-corrected chi connectivity index (χ2v) is 7.97. The van der Waals surface area contributed by atoms with E-state index in [2.05, 4.69) is 65.2 Å². The molecular formula is C24H27N3O2S. The highest BCUT2D eigenvalue weighted by atomic mass is 32.1. The third-order valence-electron chi connectivity index (χ3n) is 5.67. The summed E-state index contributed by atoms with van der Waals surface area (Å²) < 4.78 is 13.5. The van der Waals surface area contributed by atoms with Crippen molar-refractivity contribution in [2.45, 2.75) is 26.4 Å². The van der Waals surface area contributed by atoms with Crippen molar-refractivity contribution in [3.05, 3.63) is 77.1 Å². The maximum absolute atomic E-state index is 5.91. The van der Waals surface area contributed by atoms with Crippen LogP contribution < -0.4 is 14.8 Å². The van der Waals surface area contributed by atoms with Gasteiger partial charge in [-0.1, -0.05) is 12.1 Å². The number of fused-ring (bicyclic) bond motifs is 1. The number of ether oxygens (including phenoxy) is 2. The van der Waals surface area contributed by atoms with Gasteiger partial charge in [-0.25, -0.2) is 0 Å². The van der Waals surface area contributed by atoms with Crippen molar-refractivity contribution >= 4 is 23.0 Å². The van der Waals surface area contributed by atoms with Crippen molar-refractivity contribution in [1.82, 2.24) is 9.47 Å². The number of thiocarbonyl (C=S) groups is 1. The number of benzene rings is 2. The fraction of sp³-hybridized carbons (Fsp3) is 0.292. The summed E-state index contributed by atoms with van der Waals surface area (Å²) in [6.07, 6.45) is 2.12. The van der Waals surface area contributed by atoms with Crippen molar-refractivity contribution in [2.75, 3.05) is 26.1 Å². The quantitative estimate of drug-likeness (QED) is 0.605. The minimum atomic E-state index is -0.0797. The second kappa shape index (κ2) is 8.40. The van der Waals surface area contributed by atoms with E-state index in [-0.39, 0.29) is 6.04 Å². The van der Waals surface area contributed by atoms with Gasteiger partial charge in [-0.05, 0) is 73.6 Å². The predicted molar refractivity (Wildman–Crippen MR) is 125 cm³/mol. The van der Waals surface area contributed by atoms with Crippen LogP contribution in [0.1, 0.15) is 28.4 Å². The summed E-state index contributed by atoms with van der Waals surface area (Å²) in [7, 11) is 3.38. The van der Waals surface area contributed by atoms with Gasteiger partial charge < -0.3 is 24.3 Å². The zero-order chi connectivity index (χ0) is 21.3. The maximum atomic E-state index is 5.91. The molecule has 1 aliphatic rings. The van der Waals surface area contributed by atoms with Crippen LogP contribution in [0.2, 0.25) is 0 Å². The normalized spacial score (nSPS) is 15.5. The minimum Gasteiger partial charge on any atom is -0.497 e. The molecule has 2 heterocycles. The smallest absolute Gasteiger partial charge is 0.174 e. The fourth-order valence-electron chi connectivity index (χ4n) is 4.04. The molecule has 0 spiro atoms. The summed E-state index contributed by atoms with van der Waals surface area (Å²) in [6, 6.07) is 16.4. The molecule has 4 rings (SSSR count). The molecule has 156 valence electrons. The molecule has 1 aromatic heterocycles. The van der Waals surface area contributed by atoms with Gasteiger partial charge in [-0.2, -0.15) is 0 Å². The van der Waals surface area contributed by atoms with Crippen LogP contribution in [-0.2, 0) is 6.54 Å². The predicted octanol–water partition coefficient (Wildman–Crippen LogP) is 4.92. The molecular weight excluding hydrogens is 394 g/mol. The monoisotopic (exact) mass is 421 g/mol. The lowest BCUT2D eigenvalue weighted by molar-refractivity contribution is 0.284. The van der Waals surface area contributed by atoms with Crippen molar-refractivity contribution < 1.29 is 9.47 Å². The van der Waals surface area contributed by atoms with E-state index in [1.54, 1.807) is 14.2 Å². The first kappa shape index (κ1) is 20.3. The number of anilines is 1. The number of nitrogens with zero attached hydrogens (tertiary/aromatic N) is 2. The van der Waals surface area contributed by atoms with Gasteiger partial charge in [0.1, 0.15) is 17.5 Å². The molecule has 0 saturated heterocycles. The van der Waals surface area contributed by atoms with Crippen LogP contribution in [0, 0.1) is 13.8 Å². The first-order valence-corrected chi connectivity index (χ1v) is 10.4. The van der Waals surface area contributed by atoms with Gasteiger partial charge in [0.05, 0.1) is 14.2 Å². The number of aryl methyl sites for hydroxylation is 2. The summed E-state index contributed by atoms with van der Waals surface area (Å²) >= 11 is 5.91. The van der Waals surface area contributed by atoms with Gasteiger partial charge in [-0.3, -0.25) is 0 Å². The molecule has 2 aromatic carbocycles. The Balaban J connectivity index is 1.76. The Morgan fingerprint density at radius 3 is 2.63 bits per heavy atom. The van der Waals surface area contributed by atoms with Crippen LogP contribution in [0.25, 0.3) is 0 Å². The summed E-state index contributed by atoms with van der Waals surface area (Å²) in [5.74, 6) is 1.61. The Bertz CT molecular complexity index is 1080. The summed E-state index contributed by atoms with van der Waals surface area (Å²) in [4.78, 5) is 2.24. The fourth-order valence-corrected chi connectivity index (χ4v) is 4.35. The summed E-state index contributed by atoms with van der Waals surface area (Å²) in [5.41, 5.74) is 5.61. The Morgan fingerprint density at radius 1 is 1.03 bits per heavy atom. The van der Waals surface area contributed by atoms with E-state index in [4.69, 9.17) is 21.7 Å². The average molecular weight is 422 g/mol. The number of hydrogen-bond acceptors (Lipinski definition) is 3. The van der Waals surface area contributed by atoms with Crippen LogP contribution in [0.5, 0.6) is 11.5 Å². The molecule has 1 aliphatic heterocycles. The van der Waals surface area contributed by atoms with Crippen LogP contribution >= 0.6 is 12.2 Å². The van der Waals surface area contributed by atoms with Crippen LogP contribution in [-0.4, -0.2) is 35.3 Å². The Hall–Kier alpha value is -2.99. The highest BCUT2D eigenvalue weighted by Gasteiger charge is 2.33. The Labute approximate surface area is 183 Å². The number of rotatable bonds is 4. The highest BCUT2D eigenvalue weighted by Crippen LogP contribution is 2.39. The van der Waals surface area contributed by atoms with Gasteiger partial charge in [0.2, 0.25) is 0 Å². The topological polar surface area (TPSA) is 38.7 Å². The molecule has 6 heteroatoms. The first-order valence-electron chi connectivity index (χ1n) is 10.0. The molecule has 0 saturated carbocycles. The van der Waals surface area contributed by atoms with E-state index >= 15 is 0 Å². The molecule has 1 N–H and O–H groups in total. The van der Waals surface area contributed by atoms with E-state index in [9.17, 15) is 0 Å². The Kier molecular flexibility index (Phi) is 5.68. The zero-order valence-corrected chi connectivity index (χ0v) is 18.6. The van der Waals surface area contributed by atoms with Gasteiger partial charge in [0, 0.05) is 36.2 Å². The van der Waals surface area contributed by atoms with Crippen molar-refractivity contribution in [3.8, 4) is 11.5 Å². The lowest BCUT2D eigenvalue weighted by Gasteiger charge is -2.39. The summed E-state index contributed by atoms with van der Waals surface area (Å²) in [5, 5.41) is 4.19. The van der Waals surface area contributed by atoms with E-state index in [0.29, 0.717) is 5.11 Å². The number of hydrogen-bond donors (Lipinski definition) is 1. The molecule has 0 aliphatic carbocycles. The van der Waals surface area contributed by atoms with Crippen LogP contribution in [0.3, 0.4) is 0 Å². The zero-order valence-electron chi connectivity index (χ0n) is 17.8. The highest BCUT2D eigenvalue weighted by molar-refractivity contribution is 7.80. The van der Waals surface area contributed by atoms with E-state index in [1.165, 1.54) is 16.8 Å². The molecule has 3 aromatic rings. The molecule has 0 unspecified atom stereocenters. The van der Waals surface area contributed by atoms with Crippen molar-refractivity contribution in [3.63, 3.8) is 0 Å². The molecule has 1 atom stereocenters. The summed E-state index contributed by atoms with van der Waals surface area (Å²) in [6.45, 7) is 5.85. The average Bonchev–Trinajstić information content (AvgIpc) is 3.24. The minimum absolute atomic E-state index is 0.0797. The number of aromatic nitrogens is 1. The maximum Gasteiger partial charge on any atom is 0.174 e. The molecule has 0 bridgehead atoms. The van der Waals surface area contributed by atoms with Gasteiger partial charge in [0.15, 0.2) is 5.11 Å². The molecule has 5 nitrogen and oxygen atoms in total. The second-order valence-electron chi connectivity index (χ2n) is 7.58. The molecule has 0 fully saturated rings. The van der Waals surface area contributed by atoms with E-state index in [1.807, 2.05) is 18.2 Å². The van der Waals surface area contributed by atoms with Crippen molar-refractivity contribution in [1.29, 1.82) is 0 Å². The largest absolute Gasteiger partial charge is 0.497 e. The van der Waals surface area contributed by atoms with Gasteiger partial charge >= 0.3 is 0 Å². The van der Waals surface area contributed by atoms with E-state index in [0.717, 1.165) is 35.8 Å². The molecule has 0 radical (unpaired) electrons. The van der Waals surface area contributed by atoms with Crippen molar-refractivity contribution in [2.24, 2.45) is 0 Å². The number of methoxy groups -OCH3 is 2. The molecule has 0 amide bonds. The standard InChI is InChI=1S/C24H27N3O2S/c1-16-7-8-17(2)20(14-16)25-24(30)27-13-12-26-11-5-6-21(26)23(27)19-15-18(28-3)9-10-22(19)29-4/h5-11,14-15,23H,12-13H2,1-4H3,(H,25,30)/t23-/m0/s1. The van der Waals surface area contributed by atoms with Crippen LogP contribution in [0.15, 0.2) is 54.7 Å². The third-order valence-corrected chi connectivity index (χ3v) is 6.00. The Morgan fingerprint density at radius 2 is 1.87 bits per heavy atom.